The average Bonchev–Trinajstić information content (AvgIpc) is 2.64. The van der Waals surface area contributed by atoms with Gasteiger partial charge < -0.3 is 4.42 Å². The minimum atomic E-state index is -6.24. The molecule has 0 atom stereocenters. The van der Waals surface area contributed by atoms with Gasteiger partial charge in [0.25, 0.3) is 0 Å². The van der Waals surface area contributed by atoms with Crippen LogP contribution in [0.3, 0.4) is 0 Å². The van der Waals surface area contributed by atoms with Gasteiger partial charge >= 0.3 is 23.7 Å². The van der Waals surface area contributed by atoms with Gasteiger partial charge in [-0.2, -0.15) is 35.1 Å². The predicted molar refractivity (Wildman–Crippen MR) is 36.4 cm³/mol. The second-order valence-electron chi connectivity index (χ2n) is 3.46. The van der Waals surface area contributed by atoms with E-state index in [9.17, 15) is 35.1 Å². The van der Waals surface area contributed by atoms with Crippen LogP contribution in [-0.4, -0.2) is 11.8 Å². The maximum absolute atomic E-state index is 13.0. The summed E-state index contributed by atoms with van der Waals surface area (Å²) in [5.74, 6) is -25.5. The summed E-state index contributed by atoms with van der Waals surface area (Å²) in [6.07, 6.45) is 0.226. The number of hydrogen-bond acceptors (Lipinski definition) is 1. The molecule has 1 nitrogen and oxygen atoms in total. The molecule has 17 heavy (non-hydrogen) atoms. The standard InChI is InChI=1S/C8H2F8O/c9-5(10)3-1-2-17-4(3)6(11,12)8(15,16)7(5,13)14/h1-2H. The van der Waals surface area contributed by atoms with Gasteiger partial charge in [0.15, 0.2) is 5.76 Å². The molecule has 1 aliphatic carbocycles. The number of alkyl halides is 8. The molecule has 0 saturated carbocycles. The molecular formula is C8H2F8O. The lowest BCUT2D eigenvalue weighted by atomic mass is 9.85. The third kappa shape index (κ3) is 1.05. The minimum absolute atomic E-state index is 0.117. The van der Waals surface area contributed by atoms with Gasteiger partial charge in [-0.1, -0.05) is 0 Å². The van der Waals surface area contributed by atoms with Gasteiger partial charge in [-0.15, -0.1) is 0 Å². The third-order valence-corrected chi connectivity index (χ3v) is 2.47. The van der Waals surface area contributed by atoms with E-state index in [1.165, 1.54) is 0 Å². The van der Waals surface area contributed by atoms with Crippen LogP contribution in [0, 0.1) is 0 Å². The van der Waals surface area contributed by atoms with Crippen LogP contribution < -0.4 is 0 Å². The van der Waals surface area contributed by atoms with E-state index in [1.807, 2.05) is 0 Å². The molecule has 0 fully saturated rings. The SMILES string of the molecule is FC1(F)c2ccoc2C(F)(F)C(F)(F)C1(F)F. The molecule has 96 valence electrons. The normalized spacial score (nSPS) is 27.5. The third-order valence-electron chi connectivity index (χ3n) is 2.47. The Balaban J connectivity index is 2.83. The van der Waals surface area contributed by atoms with Crippen LogP contribution in [0.4, 0.5) is 35.1 Å². The zero-order chi connectivity index (χ0) is 13.3. The largest absolute Gasteiger partial charge is 0.462 e. The molecule has 9 heteroatoms. The zero-order valence-corrected chi connectivity index (χ0v) is 7.59. The molecule has 0 spiro atoms. The first-order chi connectivity index (χ1) is 7.48. The van der Waals surface area contributed by atoms with Crippen molar-refractivity contribution >= 4 is 0 Å². The van der Waals surface area contributed by atoms with Crippen LogP contribution in [0.2, 0.25) is 0 Å². The summed E-state index contributed by atoms with van der Waals surface area (Å²) in [5.41, 5.74) is -1.93. The predicted octanol–water partition coefficient (Wildman–Crippen LogP) is 3.75. The molecular weight excluding hydrogens is 264 g/mol. The molecule has 1 aromatic heterocycles. The van der Waals surface area contributed by atoms with Gasteiger partial charge in [-0.05, 0) is 6.07 Å². The molecule has 0 N–H and O–H groups in total. The van der Waals surface area contributed by atoms with Crippen LogP contribution >= 0.6 is 0 Å². The van der Waals surface area contributed by atoms with Crippen molar-refractivity contribution in [3.8, 4) is 0 Å². The lowest BCUT2D eigenvalue weighted by Gasteiger charge is -2.40. The highest BCUT2D eigenvalue weighted by Crippen LogP contribution is 2.64. The monoisotopic (exact) mass is 266 g/mol. The van der Waals surface area contributed by atoms with Gasteiger partial charge in [-0.3, -0.25) is 0 Å². The van der Waals surface area contributed by atoms with Crippen molar-refractivity contribution in [3.63, 3.8) is 0 Å². The van der Waals surface area contributed by atoms with E-state index in [-0.39, 0.29) is 12.3 Å². The second kappa shape index (κ2) is 2.75. The topological polar surface area (TPSA) is 13.1 Å². The van der Waals surface area contributed by atoms with Crippen LogP contribution in [0.25, 0.3) is 0 Å². The molecule has 0 unspecified atom stereocenters. The number of halogens is 8. The summed E-state index contributed by atoms with van der Waals surface area (Å²) in [7, 11) is 0. The lowest BCUT2D eigenvalue weighted by molar-refractivity contribution is -0.390. The van der Waals surface area contributed by atoms with E-state index < -0.39 is 35.0 Å². The Hall–Kier alpha value is -1.28. The van der Waals surface area contributed by atoms with E-state index in [4.69, 9.17) is 0 Å². The highest BCUT2D eigenvalue weighted by Gasteiger charge is 2.86. The first-order valence-corrected chi connectivity index (χ1v) is 4.07. The highest BCUT2D eigenvalue weighted by molar-refractivity contribution is 5.36. The molecule has 0 saturated heterocycles. The quantitative estimate of drug-likeness (QED) is 0.652. The van der Waals surface area contributed by atoms with E-state index >= 15 is 0 Å². The molecule has 0 amide bonds. The Bertz CT molecular complexity index is 419. The Morgan fingerprint density at radius 3 is 1.76 bits per heavy atom. The van der Waals surface area contributed by atoms with Gasteiger partial charge in [0.2, 0.25) is 0 Å². The van der Waals surface area contributed by atoms with Crippen molar-refractivity contribution in [1.82, 2.24) is 0 Å². The summed E-state index contributed by atoms with van der Waals surface area (Å²) in [4.78, 5) is 0. The summed E-state index contributed by atoms with van der Waals surface area (Å²) in [5, 5.41) is 0. The van der Waals surface area contributed by atoms with Gasteiger partial charge in [0, 0.05) is 0 Å². The van der Waals surface area contributed by atoms with E-state index in [0.29, 0.717) is 0 Å². The Morgan fingerprint density at radius 1 is 0.765 bits per heavy atom. The molecule has 0 aliphatic heterocycles. The molecule has 0 bridgehead atoms. The van der Waals surface area contributed by atoms with E-state index in [0.717, 1.165) is 0 Å². The van der Waals surface area contributed by atoms with E-state index in [1.54, 1.807) is 0 Å². The highest BCUT2D eigenvalue weighted by atomic mass is 19.4. The average molecular weight is 266 g/mol. The second-order valence-corrected chi connectivity index (χ2v) is 3.46. The van der Waals surface area contributed by atoms with Crippen LogP contribution in [0.1, 0.15) is 11.3 Å². The Kier molecular flexibility index (Phi) is 1.97. The molecule has 0 radical (unpaired) electrons. The van der Waals surface area contributed by atoms with Crippen molar-refractivity contribution in [2.45, 2.75) is 23.7 Å². The maximum atomic E-state index is 13.0. The Labute approximate surface area is 88.0 Å². The van der Waals surface area contributed by atoms with Crippen LogP contribution in [0.5, 0.6) is 0 Å². The molecule has 0 aromatic carbocycles. The van der Waals surface area contributed by atoms with Gasteiger partial charge in [0.1, 0.15) is 0 Å². The fourth-order valence-corrected chi connectivity index (χ4v) is 1.51. The lowest BCUT2D eigenvalue weighted by Crippen LogP contribution is -2.63. The van der Waals surface area contributed by atoms with Crippen molar-refractivity contribution in [2.75, 3.05) is 0 Å². The fourth-order valence-electron chi connectivity index (χ4n) is 1.51. The molecule has 1 aromatic rings. The maximum Gasteiger partial charge on any atom is 0.386 e. The number of furan rings is 1. The number of hydrogen-bond donors (Lipinski definition) is 0. The minimum Gasteiger partial charge on any atom is -0.462 e. The van der Waals surface area contributed by atoms with Gasteiger partial charge in [0.05, 0.1) is 11.8 Å². The number of rotatable bonds is 0. The summed E-state index contributed by atoms with van der Waals surface area (Å²) >= 11 is 0. The van der Waals surface area contributed by atoms with Crippen LogP contribution in [0.15, 0.2) is 16.7 Å². The zero-order valence-electron chi connectivity index (χ0n) is 7.59. The van der Waals surface area contributed by atoms with Crippen LogP contribution in [-0.2, 0) is 11.8 Å². The van der Waals surface area contributed by atoms with Crippen molar-refractivity contribution < 1.29 is 39.5 Å². The Morgan fingerprint density at radius 2 is 1.24 bits per heavy atom. The summed E-state index contributed by atoms with van der Waals surface area (Å²) in [6.45, 7) is 0. The first kappa shape index (κ1) is 12.2. The summed E-state index contributed by atoms with van der Waals surface area (Å²) < 4.78 is 107. The fraction of sp³-hybridized carbons (Fsp3) is 0.500. The first-order valence-electron chi connectivity index (χ1n) is 4.07. The van der Waals surface area contributed by atoms with Crippen molar-refractivity contribution in [2.24, 2.45) is 0 Å². The summed E-state index contributed by atoms with van der Waals surface area (Å²) in [6, 6.07) is 0.117. The van der Waals surface area contributed by atoms with Gasteiger partial charge in [-0.25, -0.2) is 0 Å². The van der Waals surface area contributed by atoms with E-state index in [2.05, 4.69) is 4.42 Å². The molecule has 1 aliphatic rings. The smallest absolute Gasteiger partial charge is 0.386 e. The van der Waals surface area contributed by atoms with Crippen molar-refractivity contribution in [1.29, 1.82) is 0 Å². The molecule has 1 heterocycles. The van der Waals surface area contributed by atoms with Crippen molar-refractivity contribution in [3.05, 3.63) is 23.7 Å². The molecule has 2 rings (SSSR count). The number of fused-ring (bicyclic) bond motifs is 1.